The van der Waals surface area contributed by atoms with Crippen LogP contribution >= 0.6 is 27.5 Å². The monoisotopic (exact) mass is 352 g/mol. The maximum Gasteiger partial charge on any atom is 0.133 e. The highest BCUT2D eigenvalue weighted by molar-refractivity contribution is 9.10. The summed E-state index contributed by atoms with van der Waals surface area (Å²) in [5, 5.41) is 4.88. The molecule has 0 spiro atoms. The Kier molecular flexibility index (Phi) is 5.44. The quantitative estimate of drug-likeness (QED) is 0.609. The van der Waals surface area contributed by atoms with Crippen molar-refractivity contribution in [1.29, 1.82) is 0 Å². The lowest BCUT2D eigenvalue weighted by atomic mass is 10.2. The lowest BCUT2D eigenvalue weighted by Gasteiger charge is -2.06. The summed E-state index contributed by atoms with van der Waals surface area (Å²) in [5.41, 5.74) is 4.80. The third-order valence-electron chi connectivity index (χ3n) is 2.51. The molecule has 0 atom stereocenters. The second kappa shape index (κ2) is 7.31. The molecular formula is C15H14BrClN2O. The molecule has 0 aliphatic carbocycles. The molecule has 2 rings (SSSR count). The number of hydrogen-bond acceptors (Lipinski definition) is 3. The molecule has 0 saturated carbocycles. The van der Waals surface area contributed by atoms with Gasteiger partial charge in [0.25, 0.3) is 0 Å². The fourth-order valence-corrected chi connectivity index (χ4v) is 2.21. The van der Waals surface area contributed by atoms with Gasteiger partial charge in [0.05, 0.1) is 23.0 Å². The van der Waals surface area contributed by atoms with Gasteiger partial charge in [-0.25, -0.2) is 0 Å². The second-order valence-electron chi connectivity index (χ2n) is 4.00. The van der Waals surface area contributed by atoms with Crippen molar-refractivity contribution in [2.45, 2.75) is 6.92 Å². The Morgan fingerprint density at radius 2 is 2.00 bits per heavy atom. The van der Waals surface area contributed by atoms with Crippen molar-refractivity contribution < 1.29 is 4.74 Å². The molecule has 0 saturated heterocycles. The summed E-state index contributed by atoms with van der Waals surface area (Å²) in [7, 11) is 0. The first-order valence-corrected chi connectivity index (χ1v) is 7.33. The Bertz CT molecular complexity index is 599. The van der Waals surface area contributed by atoms with Crippen molar-refractivity contribution in [2.75, 3.05) is 12.0 Å². The lowest BCUT2D eigenvalue weighted by Crippen LogP contribution is -1.94. The van der Waals surface area contributed by atoms with Gasteiger partial charge in [0, 0.05) is 5.02 Å². The zero-order valence-electron chi connectivity index (χ0n) is 10.9. The van der Waals surface area contributed by atoms with Crippen LogP contribution in [0.15, 0.2) is 52.0 Å². The summed E-state index contributed by atoms with van der Waals surface area (Å²) >= 11 is 9.29. The summed E-state index contributed by atoms with van der Waals surface area (Å²) in [5.74, 6) is 0.829. The molecule has 0 unspecified atom stereocenters. The Hall–Kier alpha value is -1.52. The molecule has 3 nitrogen and oxygen atoms in total. The summed E-state index contributed by atoms with van der Waals surface area (Å²) in [6.45, 7) is 2.60. The van der Waals surface area contributed by atoms with E-state index in [9.17, 15) is 0 Å². The molecule has 5 heteroatoms. The predicted octanol–water partition coefficient (Wildman–Crippen LogP) is 4.95. The van der Waals surface area contributed by atoms with Crippen LogP contribution in [0.5, 0.6) is 5.75 Å². The molecule has 1 N–H and O–H groups in total. The van der Waals surface area contributed by atoms with Crippen molar-refractivity contribution in [3.8, 4) is 5.75 Å². The molecule has 0 heterocycles. The number of hydrogen-bond donors (Lipinski definition) is 1. The largest absolute Gasteiger partial charge is 0.493 e. The Morgan fingerprint density at radius 1 is 1.25 bits per heavy atom. The van der Waals surface area contributed by atoms with E-state index in [-0.39, 0.29) is 0 Å². The van der Waals surface area contributed by atoms with Crippen molar-refractivity contribution >= 4 is 39.4 Å². The van der Waals surface area contributed by atoms with Gasteiger partial charge < -0.3 is 4.74 Å². The topological polar surface area (TPSA) is 33.6 Å². The number of nitrogens with zero attached hydrogens (tertiary/aromatic N) is 1. The van der Waals surface area contributed by atoms with Crippen molar-refractivity contribution in [3.63, 3.8) is 0 Å². The highest BCUT2D eigenvalue weighted by Crippen LogP contribution is 2.25. The van der Waals surface area contributed by atoms with Crippen molar-refractivity contribution in [2.24, 2.45) is 5.10 Å². The summed E-state index contributed by atoms with van der Waals surface area (Å²) in [4.78, 5) is 0. The van der Waals surface area contributed by atoms with E-state index in [2.05, 4.69) is 26.5 Å². The molecule has 104 valence electrons. The normalized spacial score (nSPS) is 10.8. The van der Waals surface area contributed by atoms with Gasteiger partial charge in [-0.2, -0.15) is 5.10 Å². The van der Waals surface area contributed by atoms with E-state index in [1.165, 1.54) is 0 Å². The van der Waals surface area contributed by atoms with E-state index in [0.717, 1.165) is 21.5 Å². The highest BCUT2D eigenvalue weighted by Gasteiger charge is 2.00. The molecule has 0 amide bonds. The van der Waals surface area contributed by atoms with E-state index >= 15 is 0 Å². The molecule has 20 heavy (non-hydrogen) atoms. The average Bonchev–Trinajstić information content (AvgIpc) is 2.44. The Balaban J connectivity index is 2.00. The first-order chi connectivity index (χ1) is 9.69. The van der Waals surface area contributed by atoms with Gasteiger partial charge in [0.2, 0.25) is 0 Å². The molecule has 0 bridgehead atoms. The number of halogens is 2. The maximum atomic E-state index is 5.82. The number of hydrazone groups is 1. The van der Waals surface area contributed by atoms with Crippen LogP contribution < -0.4 is 10.2 Å². The van der Waals surface area contributed by atoms with Crippen LogP contribution in [0.1, 0.15) is 12.5 Å². The van der Waals surface area contributed by atoms with Crippen LogP contribution in [0.4, 0.5) is 5.69 Å². The van der Waals surface area contributed by atoms with Crippen LogP contribution in [-0.4, -0.2) is 12.8 Å². The summed E-state index contributed by atoms with van der Waals surface area (Å²) in [6, 6.07) is 13.2. The van der Waals surface area contributed by atoms with Crippen LogP contribution in [-0.2, 0) is 0 Å². The number of rotatable bonds is 5. The van der Waals surface area contributed by atoms with Gasteiger partial charge in [0.15, 0.2) is 0 Å². The first-order valence-electron chi connectivity index (χ1n) is 6.16. The number of ether oxygens (including phenoxy) is 1. The van der Waals surface area contributed by atoms with Gasteiger partial charge in [-0.15, -0.1) is 0 Å². The minimum absolute atomic E-state index is 0.643. The number of nitrogens with one attached hydrogen (secondary N) is 1. The third kappa shape index (κ3) is 4.25. The van der Waals surface area contributed by atoms with Crippen molar-refractivity contribution in [3.05, 3.63) is 57.5 Å². The number of benzene rings is 2. The van der Waals surface area contributed by atoms with Crippen LogP contribution in [0.2, 0.25) is 5.02 Å². The van der Waals surface area contributed by atoms with Gasteiger partial charge in [-0.05, 0) is 70.9 Å². The molecule has 0 aromatic heterocycles. The Labute approximate surface area is 131 Å². The van der Waals surface area contributed by atoms with Crippen LogP contribution in [0.25, 0.3) is 0 Å². The summed E-state index contributed by atoms with van der Waals surface area (Å²) < 4.78 is 6.37. The Morgan fingerprint density at radius 3 is 2.65 bits per heavy atom. The van der Waals surface area contributed by atoms with Gasteiger partial charge in [-0.3, -0.25) is 5.43 Å². The zero-order valence-corrected chi connectivity index (χ0v) is 13.3. The average molecular weight is 354 g/mol. The number of anilines is 1. The van der Waals surface area contributed by atoms with Crippen LogP contribution in [0.3, 0.4) is 0 Å². The van der Waals surface area contributed by atoms with Gasteiger partial charge >= 0.3 is 0 Å². The highest BCUT2D eigenvalue weighted by atomic mass is 79.9. The van der Waals surface area contributed by atoms with E-state index in [4.69, 9.17) is 16.3 Å². The predicted molar refractivity (Wildman–Crippen MR) is 88.0 cm³/mol. The second-order valence-corrected chi connectivity index (χ2v) is 5.29. The van der Waals surface area contributed by atoms with Crippen LogP contribution in [0, 0.1) is 0 Å². The van der Waals surface area contributed by atoms with E-state index < -0.39 is 0 Å². The third-order valence-corrected chi connectivity index (χ3v) is 3.38. The minimum Gasteiger partial charge on any atom is -0.493 e. The molecule has 0 radical (unpaired) electrons. The minimum atomic E-state index is 0.643. The molecule has 0 aliphatic heterocycles. The standard InChI is InChI=1S/C15H14BrClN2O/c1-2-20-15-8-3-11(9-14(15)16)10-18-19-13-6-4-12(17)5-7-13/h3-10,19H,2H2,1H3/b18-10+. The lowest BCUT2D eigenvalue weighted by molar-refractivity contribution is 0.338. The molecule has 0 aliphatic rings. The van der Waals surface area contributed by atoms with Gasteiger partial charge in [0.1, 0.15) is 5.75 Å². The van der Waals surface area contributed by atoms with Crippen molar-refractivity contribution in [1.82, 2.24) is 0 Å². The van der Waals surface area contributed by atoms with Gasteiger partial charge in [-0.1, -0.05) is 11.6 Å². The smallest absolute Gasteiger partial charge is 0.133 e. The molecule has 2 aromatic rings. The maximum absolute atomic E-state index is 5.82. The fourth-order valence-electron chi connectivity index (χ4n) is 1.58. The zero-order chi connectivity index (χ0) is 14.4. The molecule has 2 aromatic carbocycles. The molecular weight excluding hydrogens is 340 g/mol. The fraction of sp³-hybridized carbons (Fsp3) is 0.133. The molecule has 0 fully saturated rings. The summed E-state index contributed by atoms with van der Waals surface area (Å²) in [6.07, 6.45) is 1.75. The van der Waals surface area contributed by atoms with E-state index in [0.29, 0.717) is 11.6 Å². The SMILES string of the molecule is CCOc1ccc(/C=N/Nc2ccc(Cl)cc2)cc1Br. The van der Waals surface area contributed by atoms with E-state index in [1.807, 2.05) is 49.4 Å². The van der Waals surface area contributed by atoms with E-state index in [1.54, 1.807) is 6.21 Å². The first kappa shape index (κ1) is 14.9.